The third kappa shape index (κ3) is 7.34. The first-order valence-corrected chi connectivity index (χ1v) is 11.7. The maximum absolute atomic E-state index is 14.0. The number of halogens is 3. The molecule has 0 saturated heterocycles. The van der Waals surface area contributed by atoms with Gasteiger partial charge in [-0.2, -0.15) is 13.2 Å². The van der Waals surface area contributed by atoms with Crippen LogP contribution < -0.4 is 10.1 Å². The van der Waals surface area contributed by atoms with Crippen molar-refractivity contribution in [2.45, 2.75) is 44.9 Å². The highest BCUT2D eigenvalue weighted by molar-refractivity contribution is 5.94. The molecule has 0 spiro atoms. The summed E-state index contributed by atoms with van der Waals surface area (Å²) in [7, 11) is 0. The summed E-state index contributed by atoms with van der Waals surface area (Å²) in [5, 5.41) is 11.2. The Kier molecular flexibility index (Phi) is 9.11. The smallest absolute Gasteiger partial charge is 0.417 e. The minimum absolute atomic E-state index is 0.00598. The van der Waals surface area contributed by atoms with Gasteiger partial charge in [0.2, 0.25) is 0 Å². The third-order valence-corrected chi connectivity index (χ3v) is 5.64. The number of rotatable bonds is 11. The Morgan fingerprint density at radius 1 is 1.00 bits per heavy atom. The van der Waals surface area contributed by atoms with E-state index < -0.39 is 29.7 Å². The molecule has 5 nitrogen and oxygen atoms in total. The van der Waals surface area contributed by atoms with E-state index in [4.69, 9.17) is 9.84 Å². The van der Waals surface area contributed by atoms with Crippen molar-refractivity contribution in [3.63, 3.8) is 0 Å². The molecule has 3 aromatic rings. The van der Waals surface area contributed by atoms with Crippen LogP contribution in [0.2, 0.25) is 0 Å². The first-order valence-electron chi connectivity index (χ1n) is 11.7. The van der Waals surface area contributed by atoms with E-state index in [1.807, 2.05) is 6.92 Å². The molecule has 0 heterocycles. The van der Waals surface area contributed by atoms with Crippen LogP contribution in [0, 0.1) is 0 Å². The van der Waals surface area contributed by atoms with E-state index in [-0.39, 0.29) is 18.5 Å². The largest absolute Gasteiger partial charge is 0.486 e. The Labute approximate surface area is 207 Å². The van der Waals surface area contributed by atoms with Crippen molar-refractivity contribution in [1.29, 1.82) is 0 Å². The SMILES string of the molecule is CCCCC(Oc1ccc(C(=O)NCCC(=O)O)cc1)c1ccc(-c2ccccc2)c(C(F)(F)F)c1. The Bertz CT molecular complexity index is 1160. The number of carbonyl (C=O) groups excluding carboxylic acids is 1. The number of hydrogen-bond acceptors (Lipinski definition) is 3. The van der Waals surface area contributed by atoms with Gasteiger partial charge in [-0.05, 0) is 59.9 Å². The van der Waals surface area contributed by atoms with Gasteiger partial charge in [0, 0.05) is 12.1 Å². The van der Waals surface area contributed by atoms with Gasteiger partial charge < -0.3 is 15.2 Å². The van der Waals surface area contributed by atoms with Crippen LogP contribution in [-0.4, -0.2) is 23.5 Å². The number of nitrogens with one attached hydrogen (secondary N) is 1. The van der Waals surface area contributed by atoms with Crippen LogP contribution in [0.4, 0.5) is 13.2 Å². The summed E-state index contributed by atoms with van der Waals surface area (Å²) >= 11 is 0. The van der Waals surface area contributed by atoms with Gasteiger partial charge in [0.25, 0.3) is 5.91 Å². The Hall–Kier alpha value is -3.81. The number of benzene rings is 3. The molecule has 1 amide bonds. The highest BCUT2D eigenvalue weighted by Gasteiger charge is 2.34. The topological polar surface area (TPSA) is 75.6 Å². The van der Waals surface area contributed by atoms with Crippen molar-refractivity contribution in [3.8, 4) is 16.9 Å². The van der Waals surface area contributed by atoms with Crippen LogP contribution in [0.15, 0.2) is 72.8 Å². The zero-order valence-corrected chi connectivity index (χ0v) is 19.8. The average molecular weight is 500 g/mol. The van der Waals surface area contributed by atoms with E-state index in [9.17, 15) is 22.8 Å². The molecule has 0 aromatic heterocycles. The van der Waals surface area contributed by atoms with Crippen LogP contribution in [0.1, 0.15) is 60.2 Å². The lowest BCUT2D eigenvalue weighted by Gasteiger charge is -2.22. The first kappa shape index (κ1) is 26.8. The molecule has 0 aliphatic rings. The number of aliphatic carboxylic acids is 1. The summed E-state index contributed by atoms with van der Waals surface area (Å²) in [6.45, 7) is 2.00. The maximum atomic E-state index is 14.0. The molecular formula is C28H28F3NO4. The summed E-state index contributed by atoms with van der Waals surface area (Å²) in [4.78, 5) is 22.7. The van der Waals surface area contributed by atoms with Gasteiger partial charge in [-0.25, -0.2) is 0 Å². The van der Waals surface area contributed by atoms with E-state index in [1.54, 1.807) is 48.5 Å². The van der Waals surface area contributed by atoms with Crippen LogP contribution in [0.5, 0.6) is 5.75 Å². The molecule has 0 bridgehead atoms. The van der Waals surface area contributed by atoms with E-state index in [2.05, 4.69) is 5.32 Å². The number of carbonyl (C=O) groups is 2. The molecule has 0 radical (unpaired) electrons. The fraction of sp³-hybridized carbons (Fsp3) is 0.286. The zero-order chi connectivity index (χ0) is 26.1. The maximum Gasteiger partial charge on any atom is 0.417 e. The van der Waals surface area contributed by atoms with Crippen molar-refractivity contribution in [1.82, 2.24) is 5.32 Å². The predicted octanol–water partition coefficient (Wildman–Crippen LogP) is 6.89. The number of unbranched alkanes of at least 4 members (excludes halogenated alkanes) is 1. The lowest BCUT2D eigenvalue weighted by Crippen LogP contribution is -2.25. The van der Waals surface area contributed by atoms with Crippen molar-refractivity contribution < 1.29 is 32.6 Å². The van der Waals surface area contributed by atoms with Crippen LogP contribution in [0.3, 0.4) is 0 Å². The fourth-order valence-corrected chi connectivity index (χ4v) is 3.78. The minimum atomic E-state index is -4.54. The molecule has 0 aliphatic carbocycles. The highest BCUT2D eigenvalue weighted by Crippen LogP contribution is 2.39. The molecule has 8 heteroatoms. The minimum Gasteiger partial charge on any atom is -0.486 e. The van der Waals surface area contributed by atoms with Gasteiger partial charge in [-0.15, -0.1) is 0 Å². The van der Waals surface area contributed by atoms with Crippen LogP contribution in [-0.2, 0) is 11.0 Å². The molecule has 36 heavy (non-hydrogen) atoms. The van der Waals surface area contributed by atoms with Crippen molar-refractivity contribution >= 4 is 11.9 Å². The number of hydrogen-bond donors (Lipinski definition) is 2. The van der Waals surface area contributed by atoms with Crippen LogP contribution >= 0.6 is 0 Å². The molecule has 2 N–H and O–H groups in total. The predicted molar refractivity (Wildman–Crippen MR) is 131 cm³/mol. The van der Waals surface area contributed by atoms with Gasteiger partial charge in [0.1, 0.15) is 11.9 Å². The molecule has 0 fully saturated rings. The molecule has 3 rings (SSSR count). The summed E-state index contributed by atoms with van der Waals surface area (Å²) in [6, 6.07) is 19.0. The second kappa shape index (κ2) is 12.2. The standard InChI is InChI=1S/C28H28F3NO4/c1-2-3-9-25(36-22-13-10-20(11-14-22)27(35)32-17-16-26(33)34)21-12-15-23(19-7-5-4-6-8-19)24(18-21)28(29,30)31/h4-8,10-15,18,25H,2-3,9,16-17H2,1H3,(H,32,35)(H,33,34). The Balaban J connectivity index is 1.84. The van der Waals surface area contributed by atoms with Gasteiger partial charge in [-0.3, -0.25) is 9.59 Å². The molecule has 0 saturated carbocycles. The lowest BCUT2D eigenvalue weighted by atomic mass is 9.94. The lowest BCUT2D eigenvalue weighted by molar-refractivity contribution is -0.137. The van der Waals surface area contributed by atoms with Crippen LogP contribution in [0.25, 0.3) is 11.1 Å². The van der Waals surface area contributed by atoms with Gasteiger partial charge in [0.15, 0.2) is 0 Å². The molecular weight excluding hydrogens is 471 g/mol. The van der Waals surface area contributed by atoms with E-state index >= 15 is 0 Å². The summed E-state index contributed by atoms with van der Waals surface area (Å²) in [5.74, 6) is -1.02. The van der Waals surface area contributed by atoms with Gasteiger partial charge in [0.05, 0.1) is 12.0 Å². The van der Waals surface area contributed by atoms with Crippen molar-refractivity contribution in [3.05, 3.63) is 89.5 Å². The molecule has 190 valence electrons. The quantitative estimate of drug-likeness (QED) is 0.301. The normalized spacial score (nSPS) is 12.1. The number of carboxylic acid groups (broad SMARTS) is 1. The zero-order valence-electron chi connectivity index (χ0n) is 19.8. The number of ether oxygens (including phenoxy) is 1. The average Bonchev–Trinajstić information content (AvgIpc) is 2.86. The van der Waals surface area contributed by atoms with Crippen molar-refractivity contribution in [2.24, 2.45) is 0 Å². The molecule has 0 aliphatic heterocycles. The Morgan fingerprint density at radius 2 is 1.69 bits per heavy atom. The van der Waals surface area contributed by atoms with E-state index in [0.29, 0.717) is 28.9 Å². The van der Waals surface area contributed by atoms with Gasteiger partial charge in [-0.1, -0.05) is 55.8 Å². The number of amides is 1. The molecule has 1 unspecified atom stereocenters. The fourth-order valence-electron chi connectivity index (χ4n) is 3.78. The monoisotopic (exact) mass is 499 g/mol. The molecule has 3 aromatic carbocycles. The summed E-state index contributed by atoms with van der Waals surface area (Å²) in [6.07, 6.45) is -3.19. The number of carboxylic acids is 1. The van der Waals surface area contributed by atoms with Crippen molar-refractivity contribution in [2.75, 3.05) is 6.54 Å². The van der Waals surface area contributed by atoms with E-state index in [0.717, 1.165) is 18.9 Å². The summed E-state index contributed by atoms with van der Waals surface area (Å²) < 4.78 is 48.1. The number of alkyl halides is 3. The van der Waals surface area contributed by atoms with Gasteiger partial charge >= 0.3 is 12.1 Å². The Morgan fingerprint density at radius 3 is 2.31 bits per heavy atom. The first-order chi connectivity index (χ1) is 17.2. The highest BCUT2D eigenvalue weighted by atomic mass is 19.4. The third-order valence-electron chi connectivity index (χ3n) is 5.64. The second-order valence-electron chi connectivity index (χ2n) is 8.34. The molecule has 1 atom stereocenters. The van der Waals surface area contributed by atoms with E-state index in [1.165, 1.54) is 18.2 Å². The second-order valence-corrected chi connectivity index (χ2v) is 8.34. The summed E-state index contributed by atoms with van der Waals surface area (Å²) in [5.41, 5.74) is 0.624.